The number of aliphatic carboxylic acids is 1. The van der Waals surface area contributed by atoms with Gasteiger partial charge < -0.3 is 9.84 Å². The number of esters is 1. The molecule has 23 heavy (non-hydrogen) atoms. The lowest BCUT2D eigenvalue weighted by atomic mass is 9.78. The molecule has 1 aliphatic rings. The van der Waals surface area contributed by atoms with E-state index in [0.717, 1.165) is 51.4 Å². The first-order valence-electron chi connectivity index (χ1n) is 9.14. The minimum Gasteiger partial charge on any atom is -0.481 e. The molecule has 0 radical (unpaired) electrons. The molecule has 0 amide bonds. The van der Waals surface area contributed by atoms with Crippen molar-refractivity contribution in [1.29, 1.82) is 0 Å². The van der Waals surface area contributed by atoms with E-state index < -0.39 is 11.9 Å². The topological polar surface area (TPSA) is 63.6 Å². The molecule has 1 fully saturated rings. The Hall–Kier alpha value is -1.32. The van der Waals surface area contributed by atoms with Gasteiger partial charge in [0.25, 0.3) is 0 Å². The maximum Gasteiger partial charge on any atom is 0.307 e. The van der Waals surface area contributed by atoms with Crippen LogP contribution in [-0.4, -0.2) is 23.7 Å². The summed E-state index contributed by atoms with van der Waals surface area (Å²) >= 11 is 0. The summed E-state index contributed by atoms with van der Waals surface area (Å²) in [5, 5.41) is 9.37. The summed E-state index contributed by atoms with van der Waals surface area (Å²) in [7, 11) is 0. The van der Waals surface area contributed by atoms with Crippen molar-refractivity contribution in [3.63, 3.8) is 0 Å². The molecule has 4 heteroatoms. The minimum absolute atomic E-state index is 0.0271. The average molecular weight is 324 g/mol. The Bertz CT molecular complexity index is 358. The number of carbonyl (C=O) groups is 2. The molecule has 0 aromatic rings. The Morgan fingerprint density at radius 1 is 1.09 bits per heavy atom. The normalized spacial score (nSPS) is 16.7. The molecule has 0 saturated heterocycles. The van der Waals surface area contributed by atoms with Gasteiger partial charge in [0.05, 0.1) is 18.9 Å². The Morgan fingerprint density at radius 3 is 2.39 bits per heavy atom. The number of ether oxygens (including phenoxy) is 1. The molecule has 0 aromatic heterocycles. The Kier molecular flexibility index (Phi) is 10.4. The molecule has 0 bridgehead atoms. The van der Waals surface area contributed by atoms with E-state index in [0.29, 0.717) is 6.61 Å². The molecule has 1 saturated carbocycles. The molecule has 0 spiro atoms. The van der Waals surface area contributed by atoms with Crippen molar-refractivity contribution in [2.45, 2.75) is 77.0 Å². The van der Waals surface area contributed by atoms with Gasteiger partial charge in [-0.2, -0.15) is 0 Å². The van der Waals surface area contributed by atoms with Crippen molar-refractivity contribution >= 4 is 11.9 Å². The summed E-state index contributed by atoms with van der Waals surface area (Å²) in [6.07, 6.45) is 13.6. The molecule has 0 aromatic carbocycles. The molecule has 0 aliphatic heterocycles. The zero-order valence-electron chi connectivity index (χ0n) is 14.3. The molecule has 1 atom stereocenters. The summed E-state index contributed by atoms with van der Waals surface area (Å²) in [4.78, 5) is 23.3. The Morgan fingerprint density at radius 2 is 1.74 bits per heavy atom. The van der Waals surface area contributed by atoms with E-state index in [4.69, 9.17) is 4.74 Å². The first kappa shape index (κ1) is 19.7. The third-order valence-electron chi connectivity index (χ3n) is 4.74. The third kappa shape index (κ3) is 8.77. The van der Waals surface area contributed by atoms with E-state index in [2.05, 4.69) is 6.58 Å². The monoisotopic (exact) mass is 324 g/mol. The summed E-state index contributed by atoms with van der Waals surface area (Å²) < 4.78 is 5.22. The highest BCUT2D eigenvalue weighted by atomic mass is 16.5. The van der Waals surface area contributed by atoms with Crippen molar-refractivity contribution in [3.05, 3.63) is 12.7 Å². The highest BCUT2D eigenvalue weighted by Crippen LogP contribution is 2.32. The van der Waals surface area contributed by atoms with E-state index in [1.54, 1.807) is 0 Å². The fraction of sp³-hybridized carbons (Fsp3) is 0.789. The molecular formula is C19H32O4. The van der Waals surface area contributed by atoms with Crippen LogP contribution in [0.25, 0.3) is 0 Å². The van der Waals surface area contributed by atoms with E-state index in [1.165, 1.54) is 19.3 Å². The lowest BCUT2D eigenvalue weighted by Gasteiger charge is -2.26. The van der Waals surface area contributed by atoms with E-state index in [1.807, 2.05) is 6.08 Å². The van der Waals surface area contributed by atoms with Gasteiger partial charge in [0.2, 0.25) is 0 Å². The lowest BCUT2D eigenvalue weighted by molar-refractivity contribution is -0.153. The number of unbranched alkanes of at least 4 members (excludes halogenated alkanes) is 5. The molecule has 1 aliphatic carbocycles. The number of carboxylic acids is 1. The Balaban J connectivity index is 2.15. The van der Waals surface area contributed by atoms with Gasteiger partial charge in [-0.3, -0.25) is 9.59 Å². The van der Waals surface area contributed by atoms with Gasteiger partial charge in [0.1, 0.15) is 0 Å². The summed E-state index contributed by atoms with van der Waals surface area (Å²) in [6.45, 7) is 4.11. The standard InChI is InChI=1S/C19H32O4/c1-2-3-4-5-6-7-11-14-23-18(20)15-17(19(21)22)16-12-9-8-10-13-16/h2,16-17H,1,3-15H2,(H,21,22)/t17-/m0/s1. The van der Waals surface area contributed by atoms with Crippen molar-refractivity contribution < 1.29 is 19.4 Å². The number of carbonyl (C=O) groups excluding carboxylic acids is 1. The predicted octanol–water partition coefficient (Wildman–Crippen LogP) is 4.73. The molecule has 1 N–H and O–H groups in total. The molecule has 0 unspecified atom stereocenters. The average Bonchev–Trinajstić information content (AvgIpc) is 2.55. The number of carboxylic acid groups (broad SMARTS) is 1. The van der Waals surface area contributed by atoms with Crippen LogP contribution in [0.1, 0.15) is 77.0 Å². The zero-order valence-corrected chi connectivity index (χ0v) is 14.3. The quantitative estimate of drug-likeness (QED) is 0.320. The van der Waals surface area contributed by atoms with Gasteiger partial charge in [-0.25, -0.2) is 0 Å². The number of hydrogen-bond acceptors (Lipinski definition) is 3. The van der Waals surface area contributed by atoms with Gasteiger partial charge in [-0.15, -0.1) is 6.58 Å². The largest absolute Gasteiger partial charge is 0.481 e. The first-order chi connectivity index (χ1) is 11.1. The van der Waals surface area contributed by atoms with Crippen LogP contribution in [-0.2, 0) is 14.3 Å². The summed E-state index contributed by atoms with van der Waals surface area (Å²) in [6, 6.07) is 0. The number of allylic oxidation sites excluding steroid dienone is 1. The van der Waals surface area contributed by atoms with Crippen molar-refractivity contribution in [2.75, 3.05) is 6.61 Å². The SMILES string of the molecule is C=CCCCCCCCOC(=O)C[C@H](C(=O)O)C1CCCCC1. The second-order valence-corrected chi connectivity index (χ2v) is 6.61. The lowest BCUT2D eigenvalue weighted by Crippen LogP contribution is -2.28. The van der Waals surface area contributed by atoms with E-state index in [-0.39, 0.29) is 18.3 Å². The molecule has 132 valence electrons. The maximum absolute atomic E-state index is 11.9. The molecule has 0 heterocycles. The first-order valence-corrected chi connectivity index (χ1v) is 9.14. The fourth-order valence-electron chi connectivity index (χ4n) is 3.34. The number of rotatable bonds is 12. The highest BCUT2D eigenvalue weighted by Gasteiger charge is 2.31. The summed E-state index contributed by atoms with van der Waals surface area (Å²) in [5.74, 6) is -1.63. The van der Waals surface area contributed by atoms with Crippen LogP contribution in [0.15, 0.2) is 12.7 Å². The zero-order chi connectivity index (χ0) is 16.9. The Labute approximate surface area is 140 Å². The minimum atomic E-state index is -0.851. The second kappa shape index (κ2) is 12.1. The van der Waals surface area contributed by atoms with E-state index >= 15 is 0 Å². The van der Waals surface area contributed by atoms with Gasteiger partial charge in [0.15, 0.2) is 0 Å². The number of hydrogen-bond donors (Lipinski definition) is 1. The molecular weight excluding hydrogens is 292 g/mol. The van der Waals surface area contributed by atoms with Crippen LogP contribution < -0.4 is 0 Å². The predicted molar refractivity (Wildman–Crippen MR) is 91.2 cm³/mol. The molecule has 4 nitrogen and oxygen atoms in total. The third-order valence-corrected chi connectivity index (χ3v) is 4.74. The smallest absolute Gasteiger partial charge is 0.307 e. The van der Waals surface area contributed by atoms with Gasteiger partial charge in [0, 0.05) is 0 Å². The van der Waals surface area contributed by atoms with Crippen LogP contribution in [0, 0.1) is 11.8 Å². The van der Waals surface area contributed by atoms with Crippen LogP contribution >= 0.6 is 0 Å². The van der Waals surface area contributed by atoms with Gasteiger partial charge in [-0.05, 0) is 38.0 Å². The highest BCUT2D eigenvalue weighted by molar-refractivity contribution is 5.79. The van der Waals surface area contributed by atoms with Crippen molar-refractivity contribution in [2.24, 2.45) is 11.8 Å². The second-order valence-electron chi connectivity index (χ2n) is 6.61. The van der Waals surface area contributed by atoms with Crippen molar-refractivity contribution in [1.82, 2.24) is 0 Å². The fourth-order valence-corrected chi connectivity index (χ4v) is 3.34. The van der Waals surface area contributed by atoms with Gasteiger partial charge in [-0.1, -0.05) is 44.6 Å². The van der Waals surface area contributed by atoms with Crippen LogP contribution in [0.2, 0.25) is 0 Å². The van der Waals surface area contributed by atoms with Crippen LogP contribution in [0.4, 0.5) is 0 Å². The van der Waals surface area contributed by atoms with Gasteiger partial charge >= 0.3 is 11.9 Å². The van der Waals surface area contributed by atoms with Crippen LogP contribution in [0.3, 0.4) is 0 Å². The maximum atomic E-state index is 11.9. The van der Waals surface area contributed by atoms with Crippen LogP contribution in [0.5, 0.6) is 0 Å². The molecule has 1 rings (SSSR count). The van der Waals surface area contributed by atoms with Crippen molar-refractivity contribution in [3.8, 4) is 0 Å². The summed E-state index contributed by atoms with van der Waals surface area (Å²) in [5.41, 5.74) is 0. The van der Waals surface area contributed by atoms with E-state index in [9.17, 15) is 14.7 Å².